The van der Waals surface area contributed by atoms with Gasteiger partial charge in [-0.25, -0.2) is 0 Å². The number of methoxy groups -OCH3 is 1. The van der Waals surface area contributed by atoms with Crippen LogP contribution >= 0.6 is 27.7 Å². The second-order valence-corrected chi connectivity index (χ2v) is 6.35. The zero-order valence-corrected chi connectivity index (χ0v) is 14.0. The van der Waals surface area contributed by atoms with Crippen LogP contribution < -0.4 is 4.74 Å². The van der Waals surface area contributed by atoms with E-state index in [0.717, 1.165) is 10.2 Å². The van der Waals surface area contributed by atoms with Crippen LogP contribution in [-0.2, 0) is 0 Å². The quantitative estimate of drug-likeness (QED) is 0.469. The van der Waals surface area contributed by atoms with Gasteiger partial charge < -0.3 is 9.84 Å². The van der Waals surface area contributed by atoms with Crippen molar-refractivity contribution in [1.29, 1.82) is 0 Å². The summed E-state index contributed by atoms with van der Waals surface area (Å²) in [5, 5.41) is 9.73. The average Bonchev–Trinajstić information content (AvgIpc) is 2.50. The highest BCUT2D eigenvalue weighted by atomic mass is 79.9. The SMILES string of the molecule is COc1ccc(O)c(C=NCCSc2ccc(Br)cc2)c1. The molecule has 0 unspecified atom stereocenters. The van der Waals surface area contributed by atoms with E-state index in [9.17, 15) is 5.11 Å². The summed E-state index contributed by atoms with van der Waals surface area (Å²) in [6.45, 7) is 0.692. The maximum atomic E-state index is 9.73. The number of rotatable bonds is 6. The zero-order valence-electron chi connectivity index (χ0n) is 11.6. The van der Waals surface area contributed by atoms with Crippen LogP contribution in [0.5, 0.6) is 11.5 Å². The molecule has 1 N–H and O–H groups in total. The summed E-state index contributed by atoms with van der Waals surface area (Å²) in [6.07, 6.45) is 1.68. The molecule has 2 aromatic rings. The Bertz CT molecular complexity index is 614. The van der Waals surface area contributed by atoms with Crippen LogP contribution in [0.1, 0.15) is 5.56 Å². The van der Waals surface area contributed by atoms with Crippen molar-refractivity contribution in [3.63, 3.8) is 0 Å². The van der Waals surface area contributed by atoms with Gasteiger partial charge in [0.1, 0.15) is 11.5 Å². The van der Waals surface area contributed by atoms with Gasteiger partial charge in [0.25, 0.3) is 0 Å². The molecule has 0 radical (unpaired) electrons. The Morgan fingerprint density at radius 1 is 1.24 bits per heavy atom. The standard InChI is InChI=1S/C16H16BrNO2S/c1-20-14-4-7-16(19)12(10-14)11-18-8-9-21-15-5-2-13(17)3-6-15/h2-7,10-11,19H,8-9H2,1H3. The van der Waals surface area contributed by atoms with Crippen LogP contribution in [0.4, 0.5) is 0 Å². The maximum absolute atomic E-state index is 9.73. The van der Waals surface area contributed by atoms with Crippen molar-refractivity contribution >= 4 is 33.9 Å². The van der Waals surface area contributed by atoms with Gasteiger partial charge in [-0.2, -0.15) is 0 Å². The number of benzene rings is 2. The van der Waals surface area contributed by atoms with Crippen molar-refractivity contribution in [2.45, 2.75) is 4.90 Å². The normalized spacial score (nSPS) is 11.0. The summed E-state index contributed by atoms with van der Waals surface area (Å²) in [6, 6.07) is 13.3. The molecule has 110 valence electrons. The lowest BCUT2D eigenvalue weighted by molar-refractivity contribution is 0.412. The molecule has 0 atom stereocenters. The number of phenols is 1. The fraction of sp³-hybridized carbons (Fsp3) is 0.188. The molecule has 3 nitrogen and oxygen atoms in total. The predicted octanol–water partition coefficient (Wildman–Crippen LogP) is 4.37. The molecule has 0 heterocycles. The molecule has 0 aromatic heterocycles. The van der Waals surface area contributed by atoms with Crippen molar-refractivity contribution in [3.8, 4) is 11.5 Å². The number of aliphatic imine (C=N–C) groups is 1. The van der Waals surface area contributed by atoms with Gasteiger partial charge in [-0.1, -0.05) is 15.9 Å². The van der Waals surface area contributed by atoms with E-state index in [1.807, 2.05) is 12.1 Å². The second kappa shape index (κ2) is 8.10. The first kappa shape index (κ1) is 15.9. The lowest BCUT2D eigenvalue weighted by Gasteiger charge is -2.03. The van der Waals surface area contributed by atoms with Gasteiger partial charge in [0.15, 0.2) is 0 Å². The van der Waals surface area contributed by atoms with Gasteiger partial charge in [-0.15, -0.1) is 11.8 Å². The van der Waals surface area contributed by atoms with Crippen molar-refractivity contribution < 1.29 is 9.84 Å². The number of thioether (sulfide) groups is 1. The van der Waals surface area contributed by atoms with Gasteiger partial charge >= 0.3 is 0 Å². The number of halogens is 1. The molecule has 0 saturated carbocycles. The summed E-state index contributed by atoms with van der Waals surface area (Å²) < 4.78 is 6.21. The fourth-order valence-electron chi connectivity index (χ4n) is 1.67. The van der Waals surface area contributed by atoms with Crippen molar-refractivity contribution in [1.82, 2.24) is 0 Å². The molecule has 5 heteroatoms. The van der Waals surface area contributed by atoms with Gasteiger partial charge in [0.2, 0.25) is 0 Å². The largest absolute Gasteiger partial charge is 0.507 e. The Balaban J connectivity index is 1.84. The molecule has 0 bridgehead atoms. The predicted molar refractivity (Wildman–Crippen MR) is 92.0 cm³/mol. The Labute approximate surface area is 137 Å². The van der Waals surface area contributed by atoms with Gasteiger partial charge in [0, 0.05) is 33.4 Å². The van der Waals surface area contributed by atoms with Crippen LogP contribution in [0.3, 0.4) is 0 Å². The Morgan fingerprint density at radius 2 is 2.00 bits per heavy atom. The van der Waals surface area contributed by atoms with E-state index >= 15 is 0 Å². The van der Waals surface area contributed by atoms with Crippen LogP contribution in [0, 0.1) is 0 Å². The minimum atomic E-state index is 0.208. The monoisotopic (exact) mass is 365 g/mol. The van der Waals surface area contributed by atoms with Gasteiger partial charge in [-0.05, 0) is 42.5 Å². The third kappa shape index (κ3) is 5.10. The number of ether oxygens (including phenoxy) is 1. The van der Waals surface area contributed by atoms with Gasteiger partial charge in [-0.3, -0.25) is 4.99 Å². The topological polar surface area (TPSA) is 41.8 Å². The molecule has 0 fully saturated rings. The molecule has 0 aliphatic heterocycles. The molecular formula is C16H16BrNO2S. The number of hydrogen-bond donors (Lipinski definition) is 1. The third-order valence-corrected chi connectivity index (χ3v) is 4.29. The maximum Gasteiger partial charge on any atom is 0.124 e. The average molecular weight is 366 g/mol. The lowest BCUT2D eigenvalue weighted by Crippen LogP contribution is -1.90. The molecule has 0 amide bonds. The number of aromatic hydroxyl groups is 1. The molecular weight excluding hydrogens is 350 g/mol. The van der Waals surface area contributed by atoms with Crippen LogP contribution in [0.25, 0.3) is 0 Å². The van der Waals surface area contributed by atoms with E-state index in [1.165, 1.54) is 4.90 Å². The number of hydrogen-bond acceptors (Lipinski definition) is 4. The third-order valence-electron chi connectivity index (χ3n) is 2.77. The summed E-state index contributed by atoms with van der Waals surface area (Å²) in [4.78, 5) is 5.56. The van der Waals surface area contributed by atoms with E-state index in [4.69, 9.17) is 4.74 Å². The second-order valence-electron chi connectivity index (χ2n) is 4.26. The van der Waals surface area contributed by atoms with Crippen LogP contribution in [0.2, 0.25) is 0 Å². The molecule has 0 saturated heterocycles. The highest BCUT2D eigenvalue weighted by Crippen LogP contribution is 2.22. The fourth-order valence-corrected chi connectivity index (χ4v) is 2.70. The van der Waals surface area contributed by atoms with Crippen molar-refractivity contribution in [3.05, 3.63) is 52.5 Å². The lowest BCUT2D eigenvalue weighted by atomic mass is 10.2. The van der Waals surface area contributed by atoms with E-state index < -0.39 is 0 Å². The number of phenolic OH excluding ortho intramolecular Hbond substituents is 1. The summed E-state index contributed by atoms with van der Waals surface area (Å²) in [7, 11) is 1.60. The highest BCUT2D eigenvalue weighted by Gasteiger charge is 2.00. The van der Waals surface area contributed by atoms with E-state index in [1.54, 1.807) is 43.3 Å². The Morgan fingerprint density at radius 3 is 2.71 bits per heavy atom. The molecule has 2 aromatic carbocycles. The minimum absolute atomic E-state index is 0.208. The Hall–Kier alpha value is -1.46. The molecule has 0 spiro atoms. The van der Waals surface area contributed by atoms with Crippen LogP contribution in [0.15, 0.2) is 56.8 Å². The highest BCUT2D eigenvalue weighted by molar-refractivity contribution is 9.10. The molecule has 0 aliphatic rings. The summed E-state index contributed by atoms with van der Waals surface area (Å²) >= 11 is 5.17. The first-order chi connectivity index (χ1) is 10.2. The van der Waals surface area contributed by atoms with E-state index in [0.29, 0.717) is 17.9 Å². The first-order valence-electron chi connectivity index (χ1n) is 6.44. The Kier molecular flexibility index (Phi) is 6.14. The van der Waals surface area contributed by atoms with E-state index in [-0.39, 0.29) is 5.75 Å². The van der Waals surface area contributed by atoms with E-state index in [2.05, 4.69) is 33.1 Å². The zero-order chi connectivity index (χ0) is 15.1. The summed E-state index contributed by atoms with van der Waals surface area (Å²) in [5.41, 5.74) is 0.669. The van der Waals surface area contributed by atoms with Gasteiger partial charge in [0.05, 0.1) is 7.11 Å². The molecule has 0 aliphatic carbocycles. The minimum Gasteiger partial charge on any atom is -0.507 e. The molecule has 2 rings (SSSR count). The van der Waals surface area contributed by atoms with Crippen molar-refractivity contribution in [2.75, 3.05) is 19.4 Å². The number of nitrogens with zero attached hydrogens (tertiary/aromatic N) is 1. The molecule has 21 heavy (non-hydrogen) atoms. The van der Waals surface area contributed by atoms with Crippen molar-refractivity contribution in [2.24, 2.45) is 4.99 Å². The van der Waals surface area contributed by atoms with Crippen LogP contribution in [-0.4, -0.2) is 30.7 Å². The first-order valence-corrected chi connectivity index (χ1v) is 8.22. The smallest absolute Gasteiger partial charge is 0.124 e. The summed E-state index contributed by atoms with van der Waals surface area (Å²) in [5.74, 6) is 1.81.